The highest BCUT2D eigenvalue weighted by atomic mass is 79.9. The van der Waals surface area contributed by atoms with Crippen LogP contribution in [0.25, 0.3) is 0 Å². The Morgan fingerprint density at radius 1 is 1.05 bits per heavy atom. The molecule has 112 valence electrons. The van der Waals surface area contributed by atoms with Gasteiger partial charge in [0.05, 0.1) is 0 Å². The Morgan fingerprint density at radius 2 is 1.81 bits per heavy atom. The smallest absolute Gasteiger partial charge is 0.0410 e. The van der Waals surface area contributed by atoms with Crippen LogP contribution in [0.2, 0.25) is 0 Å². The van der Waals surface area contributed by atoms with Gasteiger partial charge in [-0.05, 0) is 77.1 Å². The lowest BCUT2D eigenvalue weighted by atomic mass is 9.93. The maximum Gasteiger partial charge on any atom is 0.0410 e. The zero-order chi connectivity index (χ0) is 15.1. The van der Waals surface area contributed by atoms with Crippen molar-refractivity contribution in [3.63, 3.8) is 0 Å². The van der Waals surface area contributed by atoms with E-state index in [1.807, 2.05) is 12.4 Å². The van der Waals surface area contributed by atoms with Crippen LogP contribution in [0, 0.1) is 5.92 Å². The first-order chi connectivity index (χ1) is 10.2. The predicted octanol–water partition coefficient (Wildman–Crippen LogP) is 4.62. The molecule has 1 heterocycles. The molecule has 2 nitrogen and oxygen atoms in total. The van der Waals surface area contributed by atoms with Crippen LogP contribution in [-0.4, -0.2) is 18.1 Å². The van der Waals surface area contributed by atoms with E-state index >= 15 is 0 Å². The number of rotatable bonds is 7. The van der Waals surface area contributed by atoms with Crippen LogP contribution in [0.1, 0.15) is 18.1 Å². The molecule has 1 unspecified atom stereocenters. The standard InChI is InChI=1S/C17H20Br2N2/c1-2-20-10-14(6-13-4-3-5-16(18)8-13)7-15-9-17(19)12-21-11-15/h3-5,8-9,11-12,14,20H,2,6-7,10H2,1H3. The van der Waals surface area contributed by atoms with E-state index in [4.69, 9.17) is 0 Å². The maximum atomic E-state index is 4.26. The van der Waals surface area contributed by atoms with Gasteiger partial charge in [0.25, 0.3) is 0 Å². The Bertz CT molecular complexity index is 525. The Morgan fingerprint density at radius 3 is 2.52 bits per heavy atom. The summed E-state index contributed by atoms with van der Waals surface area (Å²) in [6, 6.07) is 10.7. The summed E-state index contributed by atoms with van der Waals surface area (Å²) in [6.07, 6.45) is 5.90. The Kier molecular flexibility index (Phi) is 6.87. The third-order valence-corrected chi connectivity index (χ3v) is 4.31. The summed E-state index contributed by atoms with van der Waals surface area (Å²) in [5, 5.41) is 3.47. The molecule has 2 aromatic rings. The van der Waals surface area contributed by atoms with E-state index in [1.165, 1.54) is 11.1 Å². The van der Waals surface area contributed by atoms with Crippen LogP contribution in [0.4, 0.5) is 0 Å². The van der Waals surface area contributed by atoms with Gasteiger partial charge in [-0.2, -0.15) is 0 Å². The number of benzene rings is 1. The molecule has 1 aromatic heterocycles. The summed E-state index contributed by atoms with van der Waals surface area (Å²) < 4.78 is 2.19. The molecular weight excluding hydrogens is 392 g/mol. The van der Waals surface area contributed by atoms with E-state index in [2.05, 4.69) is 79.4 Å². The summed E-state index contributed by atoms with van der Waals surface area (Å²) in [7, 11) is 0. The van der Waals surface area contributed by atoms with Crippen molar-refractivity contribution in [1.82, 2.24) is 10.3 Å². The monoisotopic (exact) mass is 410 g/mol. The number of hydrogen-bond acceptors (Lipinski definition) is 2. The van der Waals surface area contributed by atoms with Crippen molar-refractivity contribution < 1.29 is 0 Å². The summed E-state index contributed by atoms with van der Waals surface area (Å²) in [6.45, 7) is 4.18. The Labute approximate surface area is 143 Å². The largest absolute Gasteiger partial charge is 0.317 e. The average molecular weight is 412 g/mol. The molecule has 0 bridgehead atoms. The van der Waals surface area contributed by atoms with Crippen LogP contribution >= 0.6 is 31.9 Å². The van der Waals surface area contributed by atoms with Crippen molar-refractivity contribution in [3.05, 3.63) is 62.8 Å². The van der Waals surface area contributed by atoms with Crippen LogP contribution in [0.15, 0.2) is 51.7 Å². The summed E-state index contributed by atoms with van der Waals surface area (Å²) in [4.78, 5) is 4.26. The molecule has 0 saturated carbocycles. The summed E-state index contributed by atoms with van der Waals surface area (Å²) in [5.74, 6) is 0.565. The summed E-state index contributed by atoms with van der Waals surface area (Å²) in [5.41, 5.74) is 2.65. The van der Waals surface area contributed by atoms with Gasteiger partial charge in [0.1, 0.15) is 0 Å². The quantitative estimate of drug-likeness (QED) is 0.718. The van der Waals surface area contributed by atoms with Crippen molar-refractivity contribution in [3.8, 4) is 0 Å². The molecule has 0 saturated heterocycles. The predicted molar refractivity (Wildman–Crippen MR) is 95.5 cm³/mol. The van der Waals surface area contributed by atoms with Crippen LogP contribution in [0.3, 0.4) is 0 Å². The van der Waals surface area contributed by atoms with Gasteiger partial charge in [-0.1, -0.05) is 35.0 Å². The second kappa shape index (κ2) is 8.66. The molecule has 0 fully saturated rings. The topological polar surface area (TPSA) is 24.9 Å². The normalized spacial score (nSPS) is 12.3. The first kappa shape index (κ1) is 16.7. The van der Waals surface area contributed by atoms with Gasteiger partial charge in [-0.25, -0.2) is 0 Å². The van der Waals surface area contributed by atoms with E-state index in [-0.39, 0.29) is 0 Å². The van der Waals surface area contributed by atoms with Gasteiger partial charge in [0.15, 0.2) is 0 Å². The lowest BCUT2D eigenvalue weighted by Crippen LogP contribution is -2.25. The van der Waals surface area contributed by atoms with E-state index in [1.54, 1.807) is 0 Å². The fourth-order valence-corrected chi connectivity index (χ4v) is 3.32. The number of nitrogens with one attached hydrogen (secondary N) is 1. The molecule has 0 aliphatic rings. The van der Waals surface area contributed by atoms with Crippen LogP contribution in [-0.2, 0) is 12.8 Å². The van der Waals surface area contributed by atoms with Crippen molar-refractivity contribution in [1.29, 1.82) is 0 Å². The fourth-order valence-electron chi connectivity index (χ4n) is 2.46. The van der Waals surface area contributed by atoms with E-state index < -0.39 is 0 Å². The zero-order valence-electron chi connectivity index (χ0n) is 12.2. The third kappa shape index (κ3) is 5.89. The van der Waals surface area contributed by atoms with Gasteiger partial charge in [-0.3, -0.25) is 4.98 Å². The molecule has 0 aliphatic carbocycles. The zero-order valence-corrected chi connectivity index (χ0v) is 15.3. The van der Waals surface area contributed by atoms with Gasteiger partial charge < -0.3 is 5.32 Å². The molecular formula is C17H20Br2N2. The van der Waals surface area contributed by atoms with Crippen molar-refractivity contribution in [2.45, 2.75) is 19.8 Å². The second-order valence-electron chi connectivity index (χ2n) is 5.22. The van der Waals surface area contributed by atoms with Crippen LogP contribution in [0.5, 0.6) is 0 Å². The fraction of sp³-hybridized carbons (Fsp3) is 0.353. The van der Waals surface area contributed by atoms with Gasteiger partial charge in [-0.15, -0.1) is 0 Å². The van der Waals surface area contributed by atoms with Crippen molar-refractivity contribution in [2.75, 3.05) is 13.1 Å². The van der Waals surface area contributed by atoms with Crippen molar-refractivity contribution in [2.24, 2.45) is 5.92 Å². The lowest BCUT2D eigenvalue weighted by Gasteiger charge is -2.18. The number of nitrogens with zero attached hydrogens (tertiary/aromatic N) is 1. The van der Waals surface area contributed by atoms with Gasteiger partial charge in [0.2, 0.25) is 0 Å². The van der Waals surface area contributed by atoms with Crippen LogP contribution < -0.4 is 5.32 Å². The van der Waals surface area contributed by atoms with E-state index in [0.29, 0.717) is 5.92 Å². The highest BCUT2D eigenvalue weighted by Crippen LogP contribution is 2.19. The minimum atomic E-state index is 0.565. The molecule has 21 heavy (non-hydrogen) atoms. The molecule has 2 rings (SSSR count). The number of pyridine rings is 1. The number of hydrogen-bond donors (Lipinski definition) is 1. The maximum absolute atomic E-state index is 4.26. The first-order valence-corrected chi connectivity index (χ1v) is 8.80. The molecule has 0 aliphatic heterocycles. The Balaban J connectivity index is 2.06. The Hall–Kier alpha value is -0.710. The van der Waals surface area contributed by atoms with Gasteiger partial charge in [0, 0.05) is 21.3 Å². The minimum Gasteiger partial charge on any atom is -0.317 e. The van der Waals surface area contributed by atoms with Crippen molar-refractivity contribution >= 4 is 31.9 Å². The molecule has 1 atom stereocenters. The average Bonchev–Trinajstić information content (AvgIpc) is 2.45. The third-order valence-electron chi connectivity index (χ3n) is 3.38. The lowest BCUT2D eigenvalue weighted by molar-refractivity contribution is 0.477. The SMILES string of the molecule is CCNCC(Cc1cccc(Br)c1)Cc1cncc(Br)c1. The number of halogens is 2. The highest BCUT2D eigenvalue weighted by molar-refractivity contribution is 9.10. The molecule has 4 heteroatoms. The molecule has 0 amide bonds. The molecule has 1 aromatic carbocycles. The first-order valence-electron chi connectivity index (χ1n) is 7.22. The second-order valence-corrected chi connectivity index (χ2v) is 7.05. The molecule has 1 N–H and O–H groups in total. The molecule has 0 radical (unpaired) electrons. The van der Waals surface area contributed by atoms with E-state index in [9.17, 15) is 0 Å². The number of aromatic nitrogens is 1. The minimum absolute atomic E-state index is 0.565. The highest BCUT2D eigenvalue weighted by Gasteiger charge is 2.11. The van der Waals surface area contributed by atoms with E-state index in [0.717, 1.165) is 34.9 Å². The summed E-state index contributed by atoms with van der Waals surface area (Å²) >= 11 is 7.05. The molecule has 0 spiro atoms. The van der Waals surface area contributed by atoms with Gasteiger partial charge >= 0.3 is 0 Å².